The maximum atomic E-state index is 11.8. The number of benzene rings is 1. The Balaban J connectivity index is 2.61. The van der Waals surface area contributed by atoms with Crippen molar-refractivity contribution >= 4 is 11.9 Å². The predicted molar refractivity (Wildman–Crippen MR) is 69.1 cm³/mol. The van der Waals surface area contributed by atoms with Gasteiger partial charge in [0.05, 0.1) is 31.5 Å². The van der Waals surface area contributed by atoms with Crippen molar-refractivity contribution in [2.45, 2.75) is 0 Å². The van der Waals surface area contributed by atoms with Crippen molar-refractivity contribution in [3.63, 3.8) is 0 Å². The molecule has 0 saturated carbocycles. The molecule has 0 heterocycles. The van der Waals surface area contributed by atoms with Gasteiger partial charge in [-0.1, -0.05) is 18.2 Å². The summed E-state index contributed by atoms with van der Waals surface area (Å²) < 4.78 is 14.7. The fourth-order valence-corrected chi connectivity index (χ4v) is 1.39. The van der Waals surface area contributed by atoms with Gasteiger partial charge in [0.2, 0.25) is 0 Å². The van der Waals surface area contributed by atoms with Gasteiger partial charge in [0, 0.05) is 0 Å². The number of methoxy groups -OCH3 is 1. The molecule has 102 valence electrons. The number of ether oxygens (including phenoxy) is 3. The third-order valence-corrected chi connectivity index (χ3v) is 2.25. The fraction of sp³-hybridized carbons (Fsp3) is 0.286. The summed E-state index contributed by atoms with van der Waals surface area (Å²) in [6, 6.07) is 6.32. The summed E-state index contributed by atoms with van der Waals surface area (Å²) in [6.45, 7) is 4.29. The fourth-order valence-electron chi connectivity index (χ4n) is 1.39. The van der Waals surface area contributed by atoms with Gasteiger partial charge in [-0.3, -0.25) is 0 Å². The van der Waals surface area contributed by atoms with Gasteiger partial charge < -0.3 is 14.2 Å². The molecule has 5 nitrogen and oxygen atoms in total. The number of hydrogen-bond donors (Lipinski definition) is 0. The Kier molecular flexibility index (Phi) is 6.32. The van der Waals surface area contributed by atoms with Crippen LogP contribution in [0.5, 0.6) is 0 Å². The zero-order valence-electron chi connectivity index (χ0n) is 10.8. The Morgan fingerprint density at radius 3 is 2.37 bits per heavy atom. The van der Waals surface area contributed by atoms with Gasteiger partial charge in [0.25, 0.3) is 0 Å². The monoisotopic (exact) mass is 264 g/mol. The van der Waals surface area contributed by atoms with E-state index in [1.807, 2.05) is 0 Å². The number of esters is 2. The number of rotatable bonds is 7. The summed E-state index contributed by atoms with van der Waals surface area (Å²) in [5.41, 5.74) is 0.361. The maximum absolute atomic E-state index is 11.8. The Bertz CT molecular complexity index is 453. The van der Waals surface area contributed by atoms with Crippen LogP contribution in [0, 0.1) is 0 Å². The molecule has 0 bridgehead atoms. The highest BCUT2D eigenvalue weighted by Gasteiger charge is 2.17. The van der Waals surface area contributed by atoms with Crippen molar-refractivity contribution in [1.29, 1.82) is 0 Å². The van der Waals surface area contributed by atoms with Gasteiger partial charge in [-0.05, 0) is 12.1 Å². The lowest BCUT2D eigenvalue weighted by Crippen LogP contribution is -2.15. The molecular weight excluding hydrogens is 248 g/mol. The van der Waals surface area contributed by atoms with Crippen LogP contribution in [-0.4, -0.2) is 38.9 Å². The van der Waals surface area contributed by atoms with Crippen LogP contribution in [0.4, 0.5) is 0 Å². The van der Waals surface area contributed by atoms with Gasteiger partial charge in [-0.2, -0.15) is 0 Å². The first kappa shape index (κ1) is 14.9. The predicted octanol–water partition coefficient (Wildman–Crippen LogP) is 1.83. The van der Waals surface area contributed by atoms with Gasteiger partial charge >= 0.3 is 11.9 Å². The number of carbonyl (C=O) groups is 2. The number of hydrogen-bond acceptors (Lipinski definition) is 5. The zero-order chi connectivity index (χ0) is 14.1. The van der Waals surface area contributed by atoms with Crippen molar-refractivity contribution in [2.75, 3.05) is 26.9 Å². The second-order valence-electron chi connectivity index (χ2n) is 3.54. The lowest BCUT2D eigenvalue weighted by atomic mass is 10.1. The van der Waals surface area contributed by atoms with E-state index < -0.39 is 11.9 Å². The number of carbonyl (C=O) groups excluding carboxylic acids is 2. The molecule has 0 saturated heterocycles. The SMILES string of the molecule is C=CCOCCOC(=O)c1ccccc1C(=O)OC. The molecule has 0 spiro atoms. The summed E-state index contributed by atoms with van der Waals surface area (Å²) in [6.07, 6.45) is 1.61. The highest BCUT2D eigenvalue weighted by atomic mass is 16.6. The van der Waals surface area contributed by atoms with E-state index in [0.717, 1.165) is 0 Å². The Morgan fingerprint density at radius 1 is 1.16 bits per heavy atom. The molecule has 0 aliphatic heterocycles. The van der Waals surface area contributed by atoms with E-state index in [0.29, 0.717) is 6.61 Å². The van der Waals surface area contributed by atoms with E-state index in [1.165, 1.54) is 19.2 Å². The lowest BCUT2D eigenvalue weighted by molar-refractivity contribution is 0.0346. The smallest absolute Gasteiger partial charge is 0.339 e. The molecular formula is C14H16O5. The van der Waals surface area contributed by atoms with Crippen molar-refractivity contribution in [3.05, 3.63) is 48.0 Å². The molecule has 19 heavy (non-hydrogen) atoms. The molecule has 1 aromatic rings. The molecule has 0 atom stereocenters. The van der Waals surface area contributed by atoms with Crippen LogP contribution in [-0.2, 0) is 14.2 Å². The van der Waals surface area contributed by atoms with Crippen molar-refractivity contribution in [3.8, 4) is 0 Å². The van der Waals surface area contributed by atoms with E-state index in [4.69, 9.17) is 9.47 Å². The Labute approximate surface area is 111 Å². The molecule has 0 radical (unpaired) electrons. The molecule has 1 aromatic carbocycles. The molecule has 0 aromatic heterocycles. The molecule has 0 aliphatic rings. The average molecular weight is 264 g/mol. The minimum atomic E-state index is -0.580. The van der Waals surface area contributed by atoms with E-state index >= 15 is 0 Å². The van der Waals surface area contributed by atoms with Crippen molar-refractivity contribution in [2.24, 2.45) is 0 Å². The van der Waals surface area contributed by atoms with E-state index in [9.17, 15) is 9.59 Å². The minimum Gasteiger partial charge on any atom is -0.465 e. The Hall–Kier alpha value is -2.14. The summed E-state index contributed by atoms with van der Waals surface area (Å²) >= 11 is 0. The van der Waals surface area contributed by atoms with Gasteiger partial charge in [-0.25, -0.2) is 9.59 Å². The van der Waals surface area contributed by atoms with Crippen molar-refractivity contribution in [1.82, 2.24) is 0 Å². The molecule has 0 unspecified atom stereocenters. The summed E-state index contributed by atoms with van der Waals surface area (Å²) in [5, 5.41) is 0. The van der Waals surface area contributed by atoms with Crippen LogP contribution in [0.1, 0.15) is 20.7 Å². The van der Waals surface area contributed by atoms with E-state index in [-0.39, 0.29) is 24.3 Å². The third kappa shape index (κ3) is 4.56. The maximum Gasteiger partial charge on any atom is 0.339 e. The highest BCUT2D eigenvalue weighted by Crippen LogP contribution is 2.11. The Morgan fingerprint density at radius 2 is 1.79 bits per heavy atom. The largest absolute Gasteiger partial charge is 0.465 e. The van der Waals surface area contributed by atoms with Crippen LogP contribution in [0.2, 0.25) is 0 Å². The molecule has 0 N–H and O–H groups in total. The summed E-state index contributed by atoms with van der Waals surface area (Å²) in [7, 11) is 1.26. The molecule has 0 fully saturated rings. The zero-order valence-corrected chi connectivity index (χ0v) is 10.8. The first-order chi connectivity index (χ1) is 9.20. The lowest BCUT2D eigenvalue weighted by Gasteiger charge is -2.08. The second kappa shape index (κ2) is 8.05. The minimum absolute atomic E-state index is 0.113. The topological polar surface area (TPSA) is 61.8 Å². The second-order valence-corrected chi connectivity index (χ2v) is 3.54. The molecule has 0 aliphatic carbocycles. The molecule has 1 rings (SSSR count). The first-order valence-corrected chi connectivity index (χ1v) is 5.73. The van der Waals surface area contributed by atoms with Gasteiger partial charge in [0.1, 0.15) is 6.61 Å². The van der Waals surface area contributed by atoms with Gasteiger partial charge in [0.15, 0.2) is 0 Å². The van der Waals surface area contributed by atoms with Gasteiger partial charge in [-0.15, -0.1) is 6.58 Å². The molecule has 5 heteroatoms. The quantitative estimate of drug-likeness (QED) is 0.427. The van der Waals surface area contributed by atoms with E-state index in [1.54, 1.807) is 18.2 Å². The van der Waals surface area contributed by atoms with E-state index in [2.05, 4.69) is 11.3 Å². The van der Waals surface area contributed by atoms with Crippen LogP contribution in [0.15, 0.2) is 36.9 Å². The molecule has 0 amide bonds. The summed E-state index contributed by atoms with van der Waals surface area (Å²) in [4.78, 5) is 23.3. The van der Waals surface area contributed by atoms with Crippen LogP contribution in [0.3, 0.4) is 0 Å². The van der Waals surface area contributed by atoms with Crippen LogP contribution in [0.25, 0.3) is 0 Å². The average Bonchev–Trinajstić information content (AvgIpc) is 2.46. The highest BCUT2D eigenvalue weighted by molar-refractivity contribution is 6.03. The normalized spacial score (nSPS) is 9.74. The standard InChI is InChI=1S/C14H16O5/c1-3-8-18-9-10-19-14(16)12-7-5-4-6-11(12)13(15)17-2/h3-7H,1,8-10H2,2H3. The van der Waals surface area contributed by atoms with Crippen LogP contribution < -0.4 is 0 Å². The van der Waals surface area contributed by atoms with Crippen LogP contribution >= 0.6 is 0 Å². The summed E-state index contributed by atoms with van der Waals surface area (Å²) in [5.74, 6) is -1.15. The van der Waals surface area contributed by atoms with Crippen molar-refractivity contribution < 1.29 is 23.8 Å². The third-order valence-electron chi connectivity index (χ3n) is 2.25. The first-order valence-electron chi connectivity index (χ1n) is 5.73.